The van der Waals surface area contributed by atoms with Crippen molar-refractivity contribution in [3.63, 3.8) is 0 Å². The summed E-state index contributed by atoms with van der Waals surface area (Å²) in [5.74, 6) is -0.302. The molecule has 0 saturated heterocycles. The topological polar surface area (TPSA) is 89.2 Å². The molecule has 1 amide bonds. The van der Waals surface area contributed by atoms with Crippen LogP contribution in [0.2, 0.25) is 0 Å². The molecule has 0 aliphatic heterocycles. The summed E-state index contributed by atoms with van der Waals surface area (Å²) < 4.78 is 1.87. The summed E-state index contributed by atoms with van der Waals surface area (Å²) in [7, 11) is 0. The van der Waals surface area contributed by atoms with Gasteiger partial charge in [0.25, 0.3) is 11.6 Å². The molecule has 7 nitrogen and oxygen atoms in total. The van der Waals surface area contributed by atoms with Gasteiger partial charge in [-0.2, -0.15) is 0 Å². The monoisotopic (exact) mass is 468 g/mol. The molecule has 2 aromatic heterocycles. The molecule has 0 unspecified atom stereocenters. The zero-order valence-corrected chi connectivity index (χ0v) is 17.3. The highest BCUT2D eigenvalue weighted by Gasteiger charge is 2.23. The van der Waals surface area contributed by atoms with Crippen molar-refractivity contribution in [3.8, 4) is 0 Å². The summed E-state index contributed by atoms with van der Waals surface area (Å²) in [6, 6.07) is 16.8. The van der Waals surface area contributed by atoms with E-state index >= 15 is 0 Å². The summed E-state index contributed by atoms with van der Waals surface area (Å²) in [5.41, 5.74) is 1.77. The number of pyridine rings is 1. The highest BCUT2D eigenvalue weighted by molar-refractivity contribution is 9.10. The highest BCUT2D eigenvalue weighted by atomic mass is 79.9. The standard InChI is InChI=1S/C20H13BrN4O3S/c21-14-6-9-17-18(11-14)29-20(23-17)24(12-15-3-1-2-10-22-15)19(26)13-4-7-16(8-5-13)25(27)28/h1-11H,12H2. The number of fused-ring (bicyclic) bond motifs is 1. The van der Waals surface area contributed by atoms with E-state index in [1.54, 1.807) is 17.2 Å². The molecule has 4 aromatic rings. The van der Waals surface area contributed by atoms with E-state index in [1.165, 1.54) is 35.6 Å². The van der Waals surface area contributed by atoms with Crippen LogP contribution < -0.4 is 4.90 Å². The fourth-order valence-electron chi connectivity index (χ4n) is 2.76. The molecule has 9 heteroatoms. The molecule has 0 atom stereocenters. The number of non-ortho nitro benzene ring substituents is 1. The number of hydrogen-bond donors (Lipinski definition) is 0. The van der Waals surface area contributed by atoms with Crippen LogP contribution in [-0.2, 0) is 6.54 Å². The Morgan fingerprint density at radius 3 is 2.62 bits per heavy atom. The Balaban J connectivity index is 1.74. The number of nitro groups is 1. The van der Waals surface area contributed by atoms with Crippen LogP contribution in [0.1, 0.15) is 16.1 Å². The maximum absolute atomic E-state index is 13.3. The van der Waals surface area contributed by atoms with Gasteiger partial charge in [-0.1, -0.05) is 33.3 Å². The van der Waals surface area contributed by atoms with E-state index in [0.29, 0.717) is 16.4 Å². The van der Waals surface area contributed by atoms with Crippen LogP contribution in [-0.4, -0.2) is 20.8 Å². The van der Waals surface area contributed by atoms with Gasteiger partial charge in [-0.25, -0.2) is 4.98 Å². The first kappa shape index (κ1) is 19.2. The quantitative estimate of drug-likeness (QED) is 0.296. The average molecular weight is 469 g/mol. The number of aromatic nitrogens is 2. The molecule has 2 aromatic carbocycles. The molecule has 0 spiro atoms. The van der Waals surface area contributed by atoms with Crippen LogP contribution in [0.3, 0.4) is 0 Å². The molecular formula is C20H13BrN4O3S. The van der Waals surface area contributed by atoms with Gasteiger partial charge in [0.2, 0.25) is 0 Å². The van der Waals surface area contributed by atoms with E-state index in [4.69, 9.17) is 0 Å². The molecule has 0 N–H and O–H groups in total. The zero-order chi connectivity index (χ0) is 20.4. The molecule has 0 aliphatic rings. The minimum atomic E-state index is -0.495. The van der Waals surface area contributed by atoms with E-state index in [1.807, 2.05) is 30.3 Å². The van der Waals surface area contributed by atoms with Crippen molar-refractivity contribution in [2.45, 2.75) is 6.54 Å². The summed E-state index contributed by atoms with van der Waals surface area (Å²) in [6.45, 7) is 0.234. The molecule has 4 rings (SSSR count). The lowest BCUT2D eigenvalue weighted by atomic mass is 10.2. The maximum Gasteiger partial charge on any atom is 0.269 e. The SMILES string of the molecule is O=C(c1ccc([N+](=O)[O-])cc1)N(Cc1ccccn1)c1nc2ccc(Br)cc2s1. The molecule has 0 aliphatic carbocycles. The predicted molar refractivity (Wildman–Crippen MR) is 115 cm³/mol. The number of amides is 1. The van der Waals surface area contributed by atoms with Crippen molar-refractivity contribution in [1.29, 1.82) is 0 Å². The fraction of sp³-hybridized carbons (Fsp3) is 0.0500. The summed E-state index contributed by atoms with van der Waals surface area (Å²) in [6.07, 6.45) is 1.67. The number of carbonyl (C=O) groups is 1. The van der Waals surface area contributed by atoms with E-state index in [0.717, 1.165) is 14.7 Å². The van der Waals surface area contributed by atoms with Gasteiger partial charge < -0.3 is 0 Å². The second-order valence-electron chi connectivity index (χ2n) is 6.12. The Kier molecular flexibility index (Phi) is 5.32. The van der Waals surface area contributed by atoms with Crippen molar-refractivity contribution in [2.24, 2.45) is 0 Å². The van der Waals surface area contributed by atoms with E-state index < -0.39 is 4.92 Å². The molecule has 0 saturated carbocycles. The van der Waals surface area contributed by atoms with Crippen molar-refractivity contribution < 1.29 is 9.72 Å². The second-order valence-corrected chi connectivity index (χ2v) is 8.05. The number of anilines is 1. The van der Waals surface area contributed by atoms with Gasteiger partial charge in [0.05, 0.1) is 27.4 Å². The fourth-order valence-corrected chi connectivity index (χ4v) is 4.28. The summed E-state index contributed by atoms with van der Waals surface area (Å²) in [5, 5.41) is 11.4. The van der Waals surface area contributed by atoms with Crippen molar-refractivity contribution in [3.05, 3.63) is 92.7 Å². The third kappa shape index (κ3) is 4.15. The van der Waals surface area contributed by atoms with Crippen LogP contribution >= 0.6 is 27.3 Å². The van der Waals surface area contributed by atoms with Crippen molar-refractivity contribution >= 4 is 54.2 Å². The van der Waals surface area contributed by atoms with Crippen LogP contribution in [0.4, 0.5) is 10.8 Å². The Labute approximate surface area is 177 Å². The smallest absolute Gasteiger partial charge is 0.269 e. The van der Waals surface area contributed by atoms with Crippen LogP contribution in [0, 0.1) is 10.1 Å². The van der Waals surface area contributed by atoms with Gasteiger partial charge in [0, 0.05) is 28.4 Å². The van der Waals surface area contributed by atoms with Gasteiger partial charge in [-0.05, 0) is 42.5 Å². The largest absolute Gasteiger partial charge is 0.278 e. The number of hydrogen-bond acceptors (Lipinski definition) is 6. The van der Waals surface area contributed by atoms with Gasteiger partial charge in [0.15, 0.2) is 5.13 Å². The number of carbonyl (C=O) groups excluding carboxylic acids is 1. The number of nitrogens with zero attached hydrogens (tertiary/aromatic N) is 4. The van der Waals surface area contributed by atoms with Crippen molar-refractivity contribution in [1.82, 2.24) is 9.97 Å². The summed E-state index contributed by atoms with van der Waals surface area (Å²) >= 11 is 4.85. The molecule has 0 radical (unpaired) electrons. The maximum atomic E-state index is 13.3. The first-order valence-corrected chi connectivity index (χ1v) is 10.1. The molecule has 0 bridgehead atoms. The van der Waals surface area contributed by atoms with E-state index in [-0.39, 0.29) is 18.1 Å². The van der Waals surface area contributed by atoms with Gasteiger partial charge in [-0.3, -0.25) is 24.8 Å². The number of nitro benzene ring substituents is 1. The average Bonchev–Trinajstić information content (AvgIpc) is 3.15. The molecular weight excluding hydrogens is 456 g/mol. The Hall–Kier alpha value is -3.17. The minimum absolute atomic E-state index is 0.0670. The lowest BCUT2D eigenvalue weighted by Gasteiger charge is -2.19. The second kappa shape index (κ2) is 8.06. The molecule has 144 valence electrons. The first-order chi connectivity index (χ1) is 14.0. The van der Waals surface area contributed by atoms with Gasteiger partial charge in [-0.15, -0.1) is 0 Å². The zero-order valence-electron chi connectivity index (χ0n) is 14.9. The van der Waals surface area contributed by atoms with Crippen molar-refractivity contribution in [2.75, 3.05) is 4.90 Å². The van der Waals surface area contributed by atoms with E-state index in [9.17, 15) is 14.9 Å². The van der Waals surface area contributed by atoms with Gasteiger partial charge >= 0.3 is 0 Å². The molecule has 0 fully saturated rings. The lowest BCUT2D eigenvalue weighted by Crippen LogP contribution is -2.30. The Bertz CT molecular complexity index is 1200. The van der Waals surface area contributed by atoms with Crippen LogP contribution in [0.25, 0.3) is 10.2 Å². The molecule has 2 heterocycles. The first-order valence-electron chi connectivity index (χ1n) is 8.53. The molecule has 29 heavy (non-hydrogen) atoms. The van der Waals surface area contributed by atoms with Gasteiger partial charge in [0.1, 0.15) is 0 Å². The number of rotatable bonds is 5. The van der Waals surface area contributed by atoms with Crippen LogP contribution in [0.5, 0.6) is 0 Å². The number of benzene rings is 2. The predicted octanol–water partition coefficient (Wildman–Crippen LogP) is 5.21. The number of halogens is 1. The Morgan fingerprint density at radius 2 is 1.93 bits per heavy atom. The highest BCUT2D eigenvalue weighted by Crippen LogP contribution is 2.32. The summed E-state index contributed by atoms with van der Waals surface area (Å²) in [4.78, 5) is 34.1. The lowest BCUT2D eigenvalue weighted by molar-refractivity contribution is -0.384. The van der Waals surface area contributed by atoms with Crippen LogP contribution in [0.15, 0.2) is 71.3 Å². The third-order valence-corrected chi connectivity index (χ3v) is 5.72. The number of thiazole rings is 1. The Morgan fingerprint density at radius 1 is 1.14 bits per heavy atom. The van der Waals surface area contributed by atoms with E-state index in [2.05, 4.69) is 25.9 Å². The third-order valence-electron chi connectivity index (χ3n) is 4.19. The minimum Gasteiger partial charge on any atom is -0.278 e. The normalized spacial score (nSPS) is 10.8.